The van der Waals surface area contributed by atoms with Crippen LogP contribution in [0.25, 0.3) is 0 Å². The molecule has 1 amide bonds. The largest absolute Gasteiger partial charge is 0.496 e. The Morgan fingerprint density at radius 2 is 1.73 bits per heavy atom. The van der Waals surface area contributed by atoms with Crippen LogP contribution < -0.4 is 9.64 Å². The number of hydrogen-bond acceptors (Lipinski definition) is 2. The molecule has 0 aliphatic rings. The maximum atomic E-state index is 12.4. The normalized spacial score (nSPS) is 12.2. The van der Waals surface area contributed by atoms with Crippen molar-refractivity contribution in [2.45, 2.75) is 59.8 Å². The summed E-state index contributed by atoms with van der Waals surface area (Å²) in [6, 6.07) is 6.01. The van der Waals surface area contributed by atoms with E-state index in [1.165, 1.54) is 0 Å². The van der Waals surface area contributed by atoms with Gasteiger partial charge in [-0.1, -0.05) is 47.6 Å². The molecule has 22 heavy (non-hydrogen) atoms. The minimum atomic E-state index is 0.0126. The van der Waals surface area contributed by atoms with Crippen LogP contribution in [0.3, 0.4) is 0 Å². The van der Waals surface area contributed by atoms with Gasteiger partial charge in [0.1, 0.15) is 5.75 Å². The van der Waals surface area contributed by atoms with E-state index in [1.807, 2.05) is 19.2 Å². The van der Waals surface area contributed by atoms with Crippen molar-refractivity contribution < 1.29 is 9.53 Å². The van der Waals surface area contributed by atoms with Crippen LogP contribution in [0.4, 0.5) is 5.69 Å². The fraction of sp³-hybridized carbons (Fsp3) is 0.632. The Hall–Kier alpha value is -1.51. The van der Waals surface area contributed by atoms with Crippen molar-refractivity contribution in [2.75, 3.05) is 19.1 Å². The number of carbonyl (C=O) groups excluding carboxylic acids is 1. The molecule has 3 nitrogen and oxygen atoms in total. The summed E-state index contributed by atoms with van der Waals surface area (Å²) < 4.78 is 5.52. The average Bonchev–Trinajstić information content (AvgIpc) is 2.41. The zero-order chi connectivity index (χ0) is 17.1. The minimum Gasteiger partial charge on any atom is -0.496 e. The highest BCUT2D eigenvalue weighted by molar-refractivity contribution is 5.93. The standard InChI is InChI=1S/C19H31NO2/c1-18(2,3)12-11-17(21)20(7)14-9-10-15(19(4,5)6)16(13-14)22-8/h9-10,13H,11-12H2,1-8H3. The van der Waals surface area contributed by atoms with Gasteiger partial charge >= 0.3 is 0 Å². The molecule has 0 unspecified atom stereocenters. The molecule has 3 heteroatoms. The molecule has 0 saturated heterocycles. The molecule has 0 N–H and O–H groups in total. The second-order valence-corrected chi connectivity index (χ2v) is 8.15. The van der Waals surface area contributed by atoms with E-state index in [0.717, 1.165) is 23.4 Å². The molecule has 1 aromatic rings. The number of methoxy groups -OCH3 is 1. The molecule has 1 rings (SSSR count). The first-order valence-electron chi connectivity index (χ1n) is 7.91. The SMILES string of the molecule is COc1cc(N(C)C(=O)CCC(C)(C)C)ccc1C(C)(C)C. The van der Waals surface area contributed by atoms with Crippen LogP contribution in [0.2, 0.25) is 0 Å². The highest BCUT2D eigenvalue weighted by Gasteiger charge is 2.21. The lowest BCUT2D eigenvalue weighted by Gasteiger charge is -2.25. The van der Waals surface area contributed by atoms with Gasteiger partial charge in [0.2, 0.25) is 5.91 Å². The maximum absolute atomic E-state index is 12.4. The topological polar surface area (TPSA) is 29.5 Å². The molecular weight excluding hydrogens is 274 g/mol. The van der Waals surface area contributed by atoms with E-state index >= 15 is 0 Å². The summed E-state index contributed by atoms with van der Waals surface area (Å²) in [5, 5.41) is 0. The fourth-order valence-corrected chi connectivity index (χ4v) is 2.30. The summed E-state index contributed by atoms with van der Waals surface area (Å²) in [5.74, 6) is 0.973. The van der Waals surface area contributed by atoms with E-state index in [9.17, 15) is 4.79 Å². The van der Waals surface area contributed by atoms with Crippen molar-refractivity contribution in [2.24, 2.45) is 5.41 Å². The molecule has 1 aromatic carbocycles. The Morgan fingerprint density at radius 3 is 2.18 bits per heavy atom. The summed E-state index contributed by atoms with van der Waals surface area (Å²) in [4.78, 5) is 14.1. The second kappa shape index (κ2) is 6.72. The highest BCUT2D eigenvalue weighted by Crippen LogP contribution is 2.34. The van der Waals surface area contributed by atoms with Crippen LogP contribution in [-0.4, -0.2) is 20.1 Å². The molecular formula is C19H31NO2. The van der Waals surface area contributed by atoms with Gasteiger partial charge in [0, 0.05) is 25.2 Å². The van der Waals surface area contributed by atoms with E-state index in [1.54, 1.807) is 12.0 Å². The Labute approximate surface area is 135 Å². The van der Waals surface area contributed by atoms with Crippen LogP contribution in [0, 0.1) is 5.41 Å². The van der Waals surface area contributed by atoms with Crippen molar-refractivity contribution in [3.8, 4) is 5.75 Å². The first-order chi connectivity index (χ1) is 9.95. The fourth-order valence-electron chi connectivity index (χ4n) is 2.30. The Kier molecular flexibility index (Phi) is 5.66. The van der Waals surface area contributed by atoms with E-state index in [2.05, 4.69) is 47.6 Å². The number of nitrogens with zero attached hydrogens (tertiary/aromatic N) is 1. The highest BCUT2D eigenvalue weighted by atomic mass is 16.5. The molecule has 0 aliphatic heterocycles. The van der Waals surface area contributed by atoms with Crippen LogP contribution >= 0.6 is 0 Å². The monoisotopic (exact) mass is 305 g/mol. The molecule has 0 fully saturated rings. The second-order valence-electron chi connectivity index (χ2n) is 8.15. The number of benzene rings is 1. The molecule has 0 radical (unpaired) electrons. The van der Waals surface area contributed by atoms with Crippen molar-refractivity contribution in [3.63, 3.8) is 0 Å². The van der Waals surface area contributed by atoms with Gasteiger partial charge in [0.25, 0.3) is 0 Å². The van der Waals surface area contributed by atoms with E-state index < -0.39 is 0 Å². The van der Waals surface area contributed by atoms with Gasteiger partial charge in [-0.3, -0.25) is 4.79 Å². The quantitative estimate of drug-likeness (QED) is 0.801. The van der Waals surface area contributed by atoms with E-state index in [0.29, 0.717) is 6.42 Å². The average molecular weight is 305 g/mol. The third-order valence-corrected chi connectivity index (χ3v) is 3.84. The zero-order valence-electron chi connectivity index (χ0n) is 15.4. The van der Waals surface area contributed by atoms with Gasteiger partial charge in [-0.25, -0.2) is 0 Å². The van der Waals surface area contributed by atoms with Gasteiger partial charge in [-0.2, -0.15) is 0 Å². The summed E-state index contributed by atoms with van der Waals surface area (Å²) in [7, 11) is 3.51. The predicted octanol–water partition coefficient (Wildman–Crippen LogP) is 4.78. The molecule has 0 bridgehead atoms. The number of rotatable bonds is 4. The molecule has 0 atom stereocenters. The molecule has 0 aliphatic carbocycles. The lowest BCUT2D eigenvalue weighted by Crippen LogP contribution is -2.27. The van der Waals surface area contributed by atoms with Gasteiger partial charge in [0.15, 0.2) is 0 Å². The third-order valence-electron chi connectivity index (χ3n) is 3.84. The minimum absolute atomic E-state index is 0.0126. The predicted molar refractivity (Wildman–Crippen MR) is 93.8 cm³/mol. The van der Waals surface area contributed by atoms with Crippen LogP contribution in [0.15, 0.2) is 18.2 Å². The van der Waals surface area contributed by atoms with E-state index in [-0.39, 0.29) is 16.7 Å². The van der Waals surface area contributed by atoms with Crippen LogP contribution in [0.5, 0.6) is 5.75 Å². The van der Waals surface area contributed by atoms with Crippen molar-refractivity contribution in [1.29, 1.82) is 0 Å². The number of amides is 1. The van der Waals surface area contributed by atoms with Crippen molar-refractivity contribution in [3.05, 3.63) is 23.8 Å². The van der Waals surface area contributed by atoms with Crippen LogP contribution in [0.1, 0.15) is 59.9 Å². The number of anilines is 1. The lowest BCUT2D eigenvalue weighted by molar-refractivity contribution is -0.118. The van der Waals surface area contributed by atoms with Gasteiger partial charge in [0.05, 0.1) is 7.11 Å². The van der Waals surface area contributed by atoms with E-state index in [4.69, 9.17) is 4.74 Å². The zero-order valence-corrected chi connectivity index (χ0v) is 15.4. The first kappa shape index (κ1) is 18.5. The maximum Gasteiger partial charge on any atom is 0.226 e. The molecule has 0 aromatic heterocycles. The summed E-state index contributed by atoms with van der Waals surface area (Å²) in [5.41, 5.74) is 2.21. The number of carbonyl (C=O) groups is 1. The lowest BCUT2D eigenvalue weighted by atomic mass is 9.86. The summed E-state index contributed by atoms with van der Waals surface area (Å²) >= 11 is 0. The number of ether oxygens (including phenoxy) is 1. The third kappa shape index (κ3) is 5.04. The first-order valence-corrected chi connectivity index (χ1v) is 7.91. The van der Waals surface area contributed by atoms with Crippen molar-refractivity contribution >= 4 is 11.6 Å². The Morgan fingerprint density at radius 1 is 1.14 bits per heavy atom. The van der Waals surface area contributed by atoms with Crippen LogP contribution in [-0.2, 0) is 10.2 Å². The smallest absolute Gasteiger partial charge is 0.226 e. The Balaban J connectivity index is 2.95. The van der Waals surface area contributed by atoms with Gasteiger partial charge in [-0.05, 0) is 28.9 Å². The molecule has 124 valence electrons. The van der Waals surface area contributed by atoms with Gasteiger partial charge < -0.3 is 9.64 Å². The Bertz CT molecular complexity index is 521. The molecule has 0 heterocycles. The number of hydrogen-bond donors (Lipinski definition) is 0. The van der Waals surface area contributed by atoms with Crippen molar-refractivity contribution in [1.82, 2.24) is 0 Å². The molecule has 0 saturated carbocycles. The molecule has 0 spiro atoms. The summed E-state index contributed by atoms with van der Waals surface area (Å²) in [6.07, 6.45) is 1.44. The summed E-state index contributed by atoms with van der Waals surface area (Å²) in [6.45, 7) is 12.9. The van der Waals surface area contributed by atoms with Gasteiger partial charge in [-0.15, -0.1) is 0 Å².